The third-order valence-electron chi connectivity index (χ3n) is 4.43. The third-order valence-corrected chi connectivity index (χ3v) is 6.16. The number of allylic oxidation sites excluding steroid dienone is 1. The van der Waals surface area contributed by atoms with E-state index in [1.807, 2.05) is 0 Å². The van der Waals surface area contributed by atoms with Crippen LogP contribution >= 0.6 is 11.6 Å². The number of rotatable bonds is 3. The first-order valence-corrected chi connectivity index (χ1v) is 9.75. The molecule has 1 N–H and O–H groups in total. The van der Waals surface area contributed by atoms with E-state index in [2.05, 4.69) is 14.8 Å². The minimum absolute atomic E-state index is 0.0531. The normalized spacial score (nSPS) is 16.0. The average molecular weight is 408 g/mol. The van der Waals surface area contributed by atoms with E-state index < -0.39 is 16.1 Å². The van der Waals surface area contributed by atoms with Crippen molar-refractivity contribution in [3.05, 3.63) is 58.0 Å². The number of anilines is 1. The Morgan fingerprint density at radius 1 is 1.22 bits per heavy atom. The van der Waals surface area contributed by atoms with Gasteiger partial charge >= 0.3 is 10.2 Å². The van der Waals surface area contributed by atoms with Crippen LogP contribution in [0, 0.1) is 13.8 Å². The number of carbonyl (C=O) groups excluding carboxylic acids is 1. The van der Waals surface area contributed by atoms with Crippen LogP contribution in [0.4, 0.5) is 5.69 Å². The van der Waals surface area contributed by atoms with E-state index >= 15 is 0 Å². The number of halogens is 1. The highest BCUT2D eigenvalue weighted by Gasteiger charge is 2.31. The lowest BCUT2D eigenvalue weighted by molar-refractivity contribution is -0.113. The first-order valence-electron chi connectivity index (χ1n) is 7.98. The highest BCUT2D eigenvalue weighted by atomic mass is 35.5. The van der Waals surface area contributed by atoms with Crippen molar-refractivity contribution >= 4 is 39.1 Å². The Labute approximate surface area is 162 Å². The quantitative estimate of drug-likeness (QED) is 0.843. The summed E-state index contributed by atoms with van der Waals surface area (Å²) in [5.41, 5.74) is 2.56. The Bertz CT molecular complexity index is 1100. The molecular formula is C17H18ClN5O3S. The fraction of sp³-hybridized carbons (Fsp3) is 0.235. The SMILES string of the molecule is Cc1c(Cl)cccc1NC(=O)C1=CC(c2cnn(C)c2C)=NS(=O)(=O)N1C. The second kappa shape index (κ2) is 6.82. The fourth-order valence-corrected chi connectivity index (χ4v) is 3.65. The summed E-state index contributed by atoms with van der Waals surface area (Å²) in [5.74, 6) is -0.583. The molecule has 0 saturated carbocycles. The van der Waals surface area contributed by atoms with Gasteiger partial charge in [0.25, 0.3) is 5.91 Å². The van der Waals surface area contributed by atoms with Crippen molar-refractivity contribution in [2.75, 3.05) is 12.4 Å². The number of aryl methyl sites for hydroxylation is 1. The molecule has 0 radical (unpaired) electrons. The number of nitrogens with one attached hydrogen (secondary N) is 1. The summed E-state index contributed by atoms with van der Waals surface area (Å²) in [7, 11) is -1.02. The van der Waals surface area contributed by atoms with E-state index in [9.17, 15) is 13.2 Å². The maximum Gasteiger partial charge on any atom is 0.345 e. The van der Waals surface area contributed by atoms with Gasteiger partial charge in [-0.05, 0) is 37.6 Å². The lowest BCUT2D eigenvalue weighted by Gasteiger charge is -2.23. The van der Waals surface area contributed by atoms with Crippen molar-refractivity contribution in [1.29, 1.82) is 0 Å². The van der Waals surface area contributed by atoms with Gasteiger partial charge in [0, 0.05) is 36.1 Å². The second-order valence-electron chi connectivity index (χ2n) is 6.09. The summed E-state index contributed by atoms with van der Waals surface area (Å²) in [6.07, 6.45) is 2.95. The maximum atomic E-state index is 12.8. The van der Waals surface area contributed by atoms with Gasteiger partial charge in [0.15, 0.2) is 0 Å². The van der Waals surface area contributed by atoms with Crippen molar-refractivity contribution in [3.63, 3.8) is 0 Å². The van der Waals surface area contributed by atoms with Crippen LogP contribution in [0.1, 0.15) is 16.8 Å². The summed E-state index contributed by atoms with van der Waals surface area (Å²) < 4.78 is 31.1. The first kappa shape index (κ1) is 19.1. The summed E-state index contributed by atoms with van der Waals surface area (Å²) in [4.78, 5) is 12.8. The first-order chi connectivity index (χ1) is 12.6. The van der Waals surface area contributed by atoms with E-state index in [0.717, 1.165) is 10.00 Å². The van der Waals surface area contributed by atoms with E-state index in [1.54, 1.807) is 43.8 Å². The van der Waals surface area contributed by atoms with Gasteiger partial charge in [-0.25, -0.2) is 4.31 Å². The third kappa shape index (κ3) is 3.47. The number of aromatic nitrogens is 2. The highest BCUT2D eigenvalue weighted by Crippen LogP contribution is 2.25. The van der Waals surface area contributed by atoms with E-state index in [-0.39, 0.29) is 11.4 Å². The largest absolute Gasteiger partial charge is 0.345 e. The molecule has 1 aliphatic heterocycles. The lowest BCUT2D eigenvalue weighted by Crippen LogP contribution is -2.35. The minimum Gasteiger partial charge on any atom is -0.320 e. The Kier molecular flexibility index (Phi) is 4.83. The summed E-state index contributed by atoms with van der Waals surface area (Å²) in [6.45, 7) is 3.55. The number of hydrogen-bond donors (Lipinski definition) is 1. The molecule has 8 nitrogen and oxygen atoms in total. The zero-order chi connectivity index (χ0) is 19.9. The Hall–Kier alpha value is -2.65. The van der Waals surface area contributed by atoms with Gasteiger partial charge in [-0.15, -0.1) is 4.40 Å². The van der Waals surface area contributed by atoms with E-state index in [4.69, 9.17) is 11.6 Å². The van der Waals surface area contributed by atoms with Gasteiger partial charge < -0.3 is 5.32 Å². The van der Waals surface area contributed by atoms with Gasteiger partial charge in [0.2, 0.25) is 0 Å². The Morgan fingerprint density at radius 2 is 1.93 bits per heavy atom. The van der Waals surface area contributed by atoms with Crippen LogP contribution in [0.2, 0.25) is 5.02 Å². The molecule has 0 atom stereocenters. The molecule has 1 amide bonds. The van der Waals surface area contributed by atoms with Crippen LogP contribution in [-0.2, 0) is 22.1 Å². The van der Waals surface area contributed by atoms with Gasteiger partial charge in [-0.3, -0.25) is 9.48 Å². The number of benzene rings is 1. The number of likely N-dealkylation sites (N-methyl/N-ethyl adjacent to an activating group) is 1. The van der Waals surface area contributed by atoms with Crippen LogP contribution < -0.4 is 5.32 Å². The highest BCUT2D eigenvalue weighted by molar-refractivity contribution is 7.88. The molecular weight excluding hydrogens is 390 g/mol. The fourth-order valence-electron chi connectivity index (χ4n) is 2.57. The van der Waals surface area contributed by atoms with Crippen LogP contribution in [0.25, 0.3) is 0 Å². The predicted molar refractivity (Wildman–Crippen MR) is 104 cm³/mol. The summed E-state index contributed by atoms with van der Waals surface area (Å²) in [5, 5.41) is 7.31. The maximum absolute atomic E-state index is 12.8. The summed E-state index contributed by atoms with van der Waals surface area (Å²) >= 11 is 6.08. The van der Waals surface area contributed by atoms with Crippen LogP contribution in [0.5, 0.6) is 0 Å². The molecule has 1 aliphatic rings. The Morgan fingerprint density at radius 3 is 2.56 bits per heavy atom. The molecule has 0 spiro atoms. The number of carbonyl (C=O) groups is 1. The van der Waals surface area contributed by atoms with Crippen molar-refractivity contribution < 1.29 is 13.2 Å². The smallest absolute Gasteiger partial charge is 0.320 e. The van der Waals surface area contributed by atoms with Crippen molar-refractivity contribution in [1.82, 2.24) is 14.1 Å². The zero-order valence-electron chi connectivity index (χ0n) is 15.2. The summed E-state index contributed by atoms with van der Waals surface area (Å²) in [6, 6.07) is 5.10. The van der Waals surface area contributed by atoms with E-state index in [1.165, 1.54) is 19.3 Å². The molecule has 0 fully saturated rings. The number of amides is 1. The second-order valence-corrected chi connectivity index (χ2v) is 8.12. The van der Waals surface area contributed by atoms with Gasteiger partial charge in [-0.2, -0.15) is 13.5 Å². The predicted octanol–water partition coefficient (Wildman–Crippen LogP) is 2.19. The molecule has 0 saturated heterocycles. The monoisotopic (exact) mass is 407 g/mol. The number of hydrogen-bond acceptors (Lipinski definition) is 4. The molecule has 1 aromatic heterocycles. The average Bonchev–Trinajstić information content (AvgIpc) is 2.93. The minimum atomic E-state index is -4.04. The Balaban J connectivity index is 2.02. The molecule has 1 aromatic carbocycles. The molecule has 2 aromatic rings. The molecule has 0 bridgehead atoms. The van der Waals surface area contributed by atoms with Crippen molar-refractivity contribution in [2.45, 2.75) is 13.8 Å². The molecule has 3 rings (SSSR count). The molecule has 0 aliphatic carbocycles. The molecule has 10 heteroatoms. The molecule has 142 valence electrons. The molecule has 2 heterocycles. The number of nitrogens with zero attached hydrogens (tertiary/aromatic N) is 4. The van der Waals surface area contributed by atoms with Crippen LogP contribution in [-0.4, -0.2) is 41.2 Å². The van der Waals surface area contributed by atoms with Gasteiger partial charge in [0.1, 0.15) is 5.70 Å². The van der Waals surface area contributed by atoms with Gasteiger partial charge in [-0.1, -0.05) is 17.7 Å². The lowest BCUT2D eigenvalue weighted by atomic mass is 10.1. The van der Waals surface area contributed by atoms with Gasteiger partial charge in [0.05, 0.1) is 11.9 Å². The van der Waals surface area contributed by atoms with Crippen molar-refractivity contribution in [2.24, 2.45) is 11.4 Å². The zero-order valence-corrected chi connectivity index (χ0v) is 16.8. The molecule has 0 unspecified atom stereocenters. The molecule has 27 heavy (non-hydrogen) atoms. The van der Waals surface area contributed by atoms with Crippen LogP contribution in [0.15, 0.2) is 40.6 Å². The standard InChI is InChI=1S/C17H18ClN5O3S/c1-10-13(18)6-5-7-14(10)20-17(24)16-8-15(21-27(25,26)23(16)4)12-9-19-22(3)11(12)2/h5-9H,1-4H3,(H,20,24). The van der Waals surface area contributed by atoms with Crippen molar-refractivity contribution in [3.8, 4) is 0 Å². The topological polar surface area (TPSA) is 96.7 Å². The van der Waals surface area contributed by atoms with E-state index in [0.29, 0.717) is 21.8 Å². The van der Waals surface area contributed by atoms with Crippen LogP contribution in [0.3, 0.4) is 0 Å².